The molecule has 11 heteroatoms. The Morgan fingerprint density at radius 1 is 0.947 bits per heavy atom. The molecule has 0 fully saturated rings. The molecule has 8 nitrogen and oxygen atoms in total. The zero-order chi connectivity index (χ0) is 26.5. The van der Waals surface area contributed by atoms with Crippen LogP contribution in [0, 0.1) is 0 Å². The van der Waals surface area contributed by atoms with Gasteiger partial charge in [0.05, 0.1) is 15.8 Å². The average molecular weight is 562 g/mol. The van der Waals surface area contributed by atoms with Gasteiger partial charge >= 0.3 is 0 Å². The van der Waals surface area contributed by atoms with Crippen LogP contribution in [0.3, 0.4) is 0 Å². The zero-order valence-corrected chi connectivity index (χ0v) is 22.7. The minimum atomic E-state index is -3.66. The molecule has 5 rings (SSSR count). The first kappa shape index (κ1) is 25.8. The van der Waals surface area contributed by atoms with Gasteiger partial charge in [-0.25, -0.2) is 13.4 Å². The van der Waals surface area contributed by atoms with Gasteiger partial charge in [0.2, 0.25) is 5.91 Å². The minimum Gasteiger partial charge on any atom is -0.301 e. The van der Waals surface area contributed by atoms with E-state index in [2.05, 4.69) is 20.5 Å². The standard InChI is InChI=1S/C27H23N5O3S3/c1-19(25(33)29-26-28-23(17-36-26)20-11-5-2-6-12-20)37-27-31-30-24(32(27)21-13-7-3-8-14-21)18-38(34,35)22-15-9-4-10-16-22/h2-17,19H,18H2,1H3,(H,28,29,33). The molecule has 1 atom stereocenters. The van der Waals surface area contributed by atoms with Crippen LogP contribution in [0.2, 0.25) is 0 Å². The molecule has 0 saturated carbocycles. The van der Waals surface area contributed by atoms with Crippen LogP contribution in [-0.2, 0) is 20.4 Å². The largest absolute Gasteiger partial charge is 0.301 e. The molecule has 0 aliphatic rings. The first-order valence-corrected chi connectivity index (χ1v) is 15.1. The third-order valence-corrected chi connectivity index (χ3v) is 9.02. The van der Waals surface area contributed by atoms with E-state index in [0.29, 0.717) is 16.0 Å². The lowest BCUT2D eigenvalue weighted by Gasteiger charge is -2.13. The van der Waals surface area contributed by atoms with E-state index >= 15 is 0 Å². The Labute approximate surface area is 228 Å². The Balaban J connectivity index is 1.36. The number of benzene rings is 3. The Bertz CT molecular complexity index is 1640. The summed E-state index contributed by atoms with van der Waals surface area (Å²) in [7, 11) is -3.66. The van der Waals surface area contributed by atoms with E-state index in [4.69, 9.17) is 0 Å². The summed E-state index contributed by atoms with van der Waals surface area (Å²) < 4.78 is 27.8. The topological polar surface area (TPSA) is 107 Å². The van der Waals surface area contributed by atoms with Gasteiger partial charge in [-0.15, -0.1) is 21.5 Å². The summed E-state index contributed by atoms with van der Waals surface area (Å²) in [6, 6.07) is 27.2. The third-order valence-electron chi connectivity index (χ3n) is 5.59. The molecular formula is C27H23N5O3S3. The van der Waals surface area contributed by atoms with Gasteiger partial charge in [-0.3, -0.25) is 9.36 Å². The van der Waals surface area contributed by atoms with Gasteiger partial charge in [-0.05, 0) is 31.2 Å². The number of sulfone groups is 1. The predicted molar refractivity (Wildman–Crippen MR) is 150 cm³/mol. The second kappa shape index (κ2) is 11.3. The van der Waals surface area contributed by atoms with Gasteiger partial charge in [0, 0.05) is 16.6 Å². The first-order chi connectivity index (χ1) is 18.4. The van der Waals surface area contributed by atoms with Crippen molar-refractivity contribution in [3.63, 3.8) is 0 Å². The summed E-state index contributed by atoms with van der Waals surface area (Å²) in [6.07, 6.45) is 0. The lowest BCUT2D eigenvalue weighted by molar-refractivity contribution is -0.115. The summed E-state index contributed by atoms with van der Waals surface area (Å²) in [5.74, 6) is -0.311. The van der Waals surface area contributed by atoms with Crippen LogP contribution in [0.15, 0.2) is 106 Å². The number of hydrogen-bond donors (Lipinski definition) is 1. The molecule has 5 aromatic rings. The van der Waals surface area contributed by atoms with Crippen molar-refractivity contribution in [3.8, 4) is 16.9 Å². The van der Waals surface area contributed by atoms with E-state index in [9.17, 15) is 13.2 Å². The summed E-state index contributed by atoms with van der Waals surface area (Å²) in [4.78, 5) is 17.7. The van der Waals surface area contributed by atoms with E-state index in [-0.39, 0.29) is 22.4 Å². The molecule has 0 aliphatic carbocycles. The van der Waals surface area contributed by atoms with Crippen LogP contribution >= 0.6 is 23.1 Å². The quantitative estimate of drug-likeness (QED) is 0.237. The van der Waals surface area contributed by atoms with Crippen molar-refractivity contribution in [3.05, 3.63) is 102 Å². The second-order valence-electron chi connectivity index (χ2n) is 8.30. The predicted octanol–water partition coefficient (Wildman–Crippen LogP) is 5.48. The fourth-order valence-electron chi connectivity index (χ4n) is 3.68. The molecule has 1 amide bonds. The fraction of sp³-hybridized carbons (Fsp3) is 0.111. The molecule has 0 radical (unpaired) electrons. The van der Waals surface area contributed by atoms with Crippen molar-refractivity contribution >= 4 is 44.0 Å². The number of rotatable bonds is 9. The number of carbonyl (C=O) groups excluding carboxylic acids is 1. The van der Waals surface area contributed by atoms with Gasteiger partial charge in [-0.2, -0.15) is 0 Å². The summed E-state index contributed by atoms with van der Waals surface area (Å²) in [5, 5.41) is 13.6. The molecule has 0 spiro atoms. The number of nitrogens with one attached hydrogen (secondary N) is 1. The molecule has 192 valence electrons. The number of hydrogen-bond acceptors (Lipinski definition) is 8. The van der Waals surface area contributed by atoms with E-state index in [1.54, 1.807) is 41.8 Å². The number of para-hydroxylation sites is 1. The van der Waals surface area contributed by atoms with Crippen molar-refractivity contribution in [2.45, 2.75) is 28.0 Å². The van der Waals surface area contributed by atoms with E-state index in [1.807, 2.05) is 66.0 Å². The van der Waals surface area contributed by atoms with E-state index in [1.165, 1.54) is 23.1 Å². The highest BCUT2D eigenvalue weighted by Gasteiger charge is 2.25. The van der Waals surface area contributed by atoms with Gasteiger partial charge in [0.15, 0.2) is 25.9 Å². The Kier molecular flexibility index (Phi) is 7.68. The maximum absolute atomic E-state index is 13.1. The normalized spacial score (nSPS) is 12.2. The molecule has 3 aromatic carbocycles. The van der Waals surface area contributed by atoms with Crippen LogP contribution in [0.5, 0.6) is 0 Å². The summed E-state index contributed by atoms with van der Waals surface area (Å²) in [5.41, 5.74) is 2.47. The minimum absolute atomic E-state index is 0.211. The Morgan fingerprint density at radius 2 is 1.58 bits per heavy atom. The number of nitrogens with zero attached hydrogens (tertiary/aromatic N) is 4. The first-order valence-electron chi connectivity index (χ1n) is 11.7. The fourth-order valence-corrected chi connectivity index (χ4v) is 6.55. The number of thioether (sulfide) groups is 1. The summed E-state index contributed by atoms with van der Waals surface area (Å²) in [6.45, 7) is 1.76. The van der Waals surface area contributed by atoms with Crippen LogP contribution in [0.25, 0.3) is 16.9 Å². The number of carbonyl (C=O) groups is 1. The SMILES string of the molecule is CC(Sc1nnc(CS(=O)(=O)c2ccccc2)n1-c1ccccc1)C(=O)Nc1nc(-c2ccccc2)cs1. The lowest BCUT2D eigenvalue weighted by atomic mass is 10.2. The highest BCUT2D eigenvalue weighted by atomic mass is 32.2. The van der Waals surface area contributed by atoms with Crippen molar-refractivity contribution in [1.82, 2.24) is 19.7 Å². The molecule has 0 bridgehead atoms. The van der Waals surface area contributed by atoms with Crippen LogP contribution in [-0.4, -0.2) is 39.3 Å². The third kappa shape index (κ3) is 5.85. The number of anilines is 1. The highest BCUT2D eigenvalue weighted by molar-refractivity contribution is 8.00. The molecule has 2 aromatic heterocycles. The van der Waals surface area contributed by atoms with Crippen molar-refractivity contribution in [2.24, 2.45) is 0 Å². The van der Waals surface area contributed by atoms with Crippen LogP contribution in [0.1, 0.15) is 12.7 Å². The monoisotopic (exact) mass is 561 g/mol. The molecule has 38 heavy (non-hydrogen) atoms. The molecule has 1 N–H and O–H groups in total. The smallest absolute Gasteiger partial charge is 0.239 e. The van der Waals surface area contributed by atoms with E-state index < -0.39 is 15.1 Å². The number of amides is 1. The number of thiazole rings is 1. The zero-order valence-electron chi connectivity index (χ0n) is 20.3. The van der Waals surface area contributed by atoms with Crippen molar-refractivity contribution in [2.75, 3.05) is 5.32 Å². The maximum atomic E-state index is 13.1. The van der Waals surface area contributed by atoms with Crippen LogP contribution < -0.4 is 5.32 Å². The number of aromatic nitrogens is 4. The Hall–Kier alpha value is -3.80. The van der Waals surface area contributed by atoms with Crippen molar-refractivity contribution < 1.29 is 13.2 Å². The van der Waals surface area contributed by atoms with Gasteiger partial charge < -0.3 is 5.32 Å². The molecule has 0 aliphatic heterocycles. The average Bonchev–Trinajstić information content (AvgIpc) is 3.57. The van der Waals surface area contributed by atoms with Gasteiger partial charge in [0.25, 0.3) is 0 Å². The van der Waals surface area contributed by atoms with Gasteiger partial charge in [0.1, 0.15) is 5.75 Å². The summed E-state index contributed by atoms with van der Waals surface area (Å²) >= 11 is 2.55. The maximum Gasteiger partial charge on any atom is 0.239 e. The van der Waals surface area contributed by atoms with Crippen LogP contribution in [0.4, 0.5) is 5.13 Å². The Morgan fingerprint density at radius 3 is 2.26 bits per heavy atom. The molecule has 1 unspecified atom stereocenters. The lowest BCUT2D eigenvalue weighted by Crippen LogP contribution is -2.23. The highest BCUT2D eigenvalue weighted by Crippen LogP contribution is 2.29. The van der Waals surface area contributed by atoms with Gasteiger partial charge in [-0.1, -0.05) is 78.5 Å². The molecule has 0 saturated heterocycles. The molecular weight excluding hydrogens is 539 g/mol. The van der Waals surface area contributed by atoms with Crippen molar-refractivity contribution in [1.29, 1.82) is 0 Å². The van der Waals surface area contributed by atoms with E-state index in [0.717, 1.165) is 11.3 Å². The second-order valence-corrected chi connectivity index (χ2v) is 12.5. The molecule has 2 heterocycles.